The van der Waals surface area contributed by atoms with Gasteiger partial charge in [-0.3, -0.25) is 10.1 Å². The van der Waals surface area contributed by atoms with Crippen molar-refractivity contribution in [2.45, 2.75) is 25.3 Å². The molecule has 1 aliphatic carbocycles. The van der Waals surface area contributed by atoms with E-state index in [1.807, 2.05) is 30.3 Å². The van der Waals surface area contributed by atoms with Crippen molar-refractivity contribution in [1.82, 2.24) is 0 Å². The van der Waals surface area contributed by atoms with Crippen LogP contribution in [0.2, 0.25) is 0 Å². The van der Waals surface area contributed by atoms with Crippen molar-refractivity contribution < 1.29 is 19.6 Å². The van der Waals surface area contributed by atoms with E-state index in [1.165, 1.54) is 14.0 Å². The maximum absolute atomic E-state index is 11.8. The first-order valence-electron chi connectivity index (χ1n) is 6.78. The molecular weight excluding hydrogens is 286 g/mol. The summed E-state index contributed by atoms with van der Waals surface area (Å²) in [4.78, 5) is 22.7. The van der Waals surface area contributed by atoms with Gasteiger partial charge in [0.25, 0.3) is 0 Å². The fraction of sp³-hybridized carbons (Fsp3) is 0.312. The number of hydrogen-bond acceptors (Lipinski definition) is 5. The standard InChI is InChI=1S/C16H17NO5/c1-16(17(20)21)9-12(8-11-6-4-3-5-7-11)14(18)13(10-16)15(19)22-2/h3-8,18H,9-10H2,1-2H3/b12-8-. The summed E-state index contributed by atoms with van der Waals surface area (Å²) in [6.45, 7) is 1.46. The van der Waals surface area contributed by atoms with Gasteiger partial charge in [-0.2, -0.15) is 0 Å². The van der Waals surface area contributed by atoms with Crippen LogP contribution in [-0.2, 0) is 9.53 Å². The first kappa shape index (κ1) is 15.8. The van der Waals surface area contributed by atoms with Gasteiger partial charge in [0.05, 0.1) is 19.1 Å². The second-order valence-electron chi connectivity index (χ2n) is 5.51. The van der Waals surface area contributed by atoms with E-state index in [0.717, 1.165) is 5.56 Å². The van der Waals surface area contributed by atoms with Gasteiger partial charge in [0, 0.05) is 23.8 Å². The normalized spacial score (nSPS) is 23.5. The lowest BCUT2D eigenvalue weighted by atomic mass is 9.79. The second-order valence-corrected chi connectivity index (χ2v) is 5.51. The maximum Gasteiger partial charge on any atom is 0.337 e. The fourth-order valence-corrected chi connectivity index (χ4v) is 2.51. The summed E-state index contributed by atoms with van der Waals surface area (Å²) in [6.07, 6.45) is 1.53. The van der Waals surface area contributed by atoms with Crippen LogP contribution in [0.5, 0.6) is 0 Å². The molecule has 0 radical (unpaired) electrons. The SMILES string of the molecule is COC(=O)C1=C(O)/C(=C\c2ccccc2)CC(C)([N+](=O)[O-])C1. The molecule has 116 valence electrons. The number of methoxy groups -OCH3 is 1. The van der Waals surface area contributed by atoms with Crippen molar-refractivity contribution in [2.75, 3.05) is 7.11 Å². The van der Waals surface area contributed by atoms with E-state index >= 15 is 0 Å². The van der Waals surface area contributed by atoms with Crippen LogP contribution in [0, 0.1) is 10.1 Å². The van der Waals surface area contributed by atoms with Gasteiger partial charge >= 0.3 is 5.97 Å². The topological polar surface area (TPSA) is 89.7 Å². The number of ether oxygens (including phenoxy) is 1. The monoisotopic (exact) mass is 303 g/mol. The Kier molecular flexibility index (Phi) is 4.30. The lowest BCUT2D eigenvalue weighted by molar-refractivity contribution is -0.565. The number of benzene rings is 1. The third kappa shape index (κ3) is 3.00. The van der Waals surface area contributed by atoms with E-state index in [0.29, 0.717) is 5.57 Å². The summed E-state index contributed by atoms with van der Waals surface area (Å²) in [5, 5.41) is 21.7. The van der Waals surface area contributed by atoms with Gasteiger partial charge < -0.3 is 9.84 Å². The molecule has 1 aromatic carbocycles. The zero-order valence-electron chi connectivity index (χ0n) is 12.4. The molecule has 1 N–H and O–H groups in total. The highest BCUT2D eigenvalue weighted by molar-refractivity contribution is 5.90. The highest BCUT2D eigenvalue weighted by Gasteiger charge is 2.46. The van der Waals surface area contributed by atoms with Crippen LogP contribution in [0.4, 0.5) is 0 Å². The molecule has 2 rings (SSSR count). The van der Waals surface area contributed by atoms with Crippen molar-refractivity contribution in [3.63, 3.8) is 0 Å². The van der Waals surface area contributed by atoms with E-state index in [-0.39, 0.29) is 24.2 Å². The zero-order chi connectivity index (χ0) is 16.3. The minimum atomic E-state index is -1.35. The lowest BCUT2D eigenvalue weighted by Crippen LogP contribution is -2.40. The summed E-state index contributed by atoms with van der Waals surface area (Å²) in [6, 6.07) is 9.12. The summed E-state index contributed by atoms with van der Waals surface area (Å²) in [7, 11) is 1.18. The maximum atomic E-state index is 11.8. The van der Waals surface area contributed by atoms with Gasteiger partial charge in [0.1, 0.15) is 5.76 Å². The smallest absolute Gasteiger partial charge is 0.337 e. The fourth-order valence-electron chi connectivity index (χ4n) is 2.51. The summed E-state index contributed by atoms with van der Waals surface area (Å²) in [5.41, 5.74) is -0.260. The Morgan fingerprint density at radius 1 is 1.36 bits per heavy atom. The number of rotatable bonds is 3. The van der Waals surface area contributed by atoms with E-state index in [4.69, 9.17) is 0 Å². The molecule has 1 aromatic rings. The average Bonchev–Trinajstić information content (AvgIpc) is 2.50. The Hall–Kier alpha value is -2.63. The number of esters is 1. The van der Waals surface area contributed by atoms with E-state index in [1.54, 1.807) is 6.08 Å². The highest BCUT2D eigenvalue weighted by atomic mass is 16.6. The van der Waals surface area contributed by atoms with Crippen LogP contribution in [0.25, 0.3) is 6.08 Å². The number of nitro groups is 1. The molecular formula is C16H17NO5. The number of aliphatic hydroxyl groups is 1. The molecule has 0 aromatic heterocycles. The molecule has 1 aliphatic rings. The van der Waals surface area contributed by atoms with Crippen LogP contribution >= 0.6 is 0 Å². The lowest BCUT2D eigenvalue weighted by Gasteiger charge is -2.28. The number of aliphatic hydroxyl groups excluding tert-OH is 1. The zero-order valence-corrected chi connectivity index (χ0v) is 12.4. The third-order valence-electron chi connectivity index (χ3n) is 3.73. The number of carbonyl (C=O) groups excluding carboxylic acids is 1. The number of carbonyl (C=O) groups is 1. The quantitative estimate of drug-likeness (QED) is 0.527. The average molecular weight is 303 g/mol. The molecule has 0 fully saturated rings. The number of hydrogen-bond donors (Lipinski definition) is 1. The Morgan fingerprint density at radius 2 is 2.00 bits per heavy atom. The Bertz CT molecular complexity index is 662. The van der Waals surface area contributed by atoms with Crippen molar-refractivity contribution >= 4 is 12.0 Å². The molecule has 6 heteroatoms. The molecule has 0 saturated heterocycles. The Balaban J connectivity index is 2.53. The largest absolute Gasteiger partial charge is 0.507 e. The van der Waals surface area contributed by atoms with Crippen LogP contribution in [-0.4, -0.2) is 28.6 Å². The predicted octanol–water partition coefficient (Wildman–Crippen LogP) is 2.88. The van der Waals surface area contributed by atoms with Gasteiger partial charge in [-0.1, -0.05) is 30.3 Å². The first-order chi connectivity index (χ1) is 10.4. The third-order valence-corrected chi connectivity index (χ3v) is 3.73. The van der Waals surface area contributed by atoms with Crippen LogP contribution in [0.3, 0.4) is 0 Å². The van der Waals surface area contributed by atoms with Crippen molar-refractivity contribution in [3.05, 3.63) is 62.9 Å². The highest BCUT2D eigenvalue weighted by Crippen LogP contribution is 2.38. The number of allylic oxidation sites excluding steroid dienone is 1. The molecule has 0 saturated carbocycles. The minimum Gasteiger partial charge on any atom is -0.507 e. The second kappa shape index (κ2) is 6.01. The van der Waals surface area contributed by atoms with Gasteiger partial charge in [0.2, 0.25) is 5.54 Å². The van der Waals surface area contributed by atoms with Crippen molar-refractivity contribution in [1.29, 1.82) is 0 Å². The van der Waals surface area contributed by atoms with Gasteiger partial charge in [-0.25, -0.2) is 4.79 Å². The van der Waals surface area contributed by atoms with E-state index in [9.17, 15) is 20.0 Å². The van der Waals surface area contributed by atoms with Gasteiger partial charge in [-0.05, 0) is 11.6 Å². The van der Waals surface area contributed by atoms with Crippen LogP contribution < -0.4 is 0 Å². The van der Waals surface area contributed by atoms with Crippen LogP contribution in [0.15, 0.2) is 47.2 Å². The Labute approximate surface area is 127 Å². The van der Waals surface area contributed by atoms with Crippen molar-refractivity contribution in [3.8, 4) is 0 Å². The van der Waals surface area contributed by atoms with Crippen LogP contribution in [0.1, 0.15) is 25.3 Å². The van der Waals surface area contributed by atoms with E-state index < -0.39 is 16.4 Å². The summed E-state index contributed by atoms with van der Waals surface area (Å²) >= 11 is 0. The number of nitrogens with zero attached hydrogens (tertiary/aromatic N) is 1. The molecule has 0 amide bonds. The molecule has 6 nitrogen and oxygen atoms in total. The predicted molar refractivity (Wildman–Crippen MR) is 80.7 cm³/mol. The Morgan fingerprint density at radius 3 is 2.55 bits per heavy atom. The molecule has 0 heterocycles. The van der Waals surface area contributed by atoms with E-state index in [2.05, 4.69) is 4.74 Å². The summed E-state index contributed by atoms with van der Waals surface area (Å²) < 4.78 is 4.63. The minimum absolute atomic E-state index is 0.0429. The summed E-state index contributed by atoms with van der Waals surface area (Å²) in [5.74, 6) is -0.973. The van der Waals surface area contributed by atoms with Crippen molar-refractivity contribution in [2.24, 2.45) is 0 Å². The van der Waals surface area contributed by atoms with Gasteiger partial charge in [0.15, 0.2) is 0 Å². The molecule has 1 unspecified atom stereocenters. The molecule has 0 aliphatic heterocycles. The van der Waals surface area contributed by atoms with Gasteiger partial charge in [-0.15, -0.1) is 0 Å². The molecule has 22 heavy (non-hydrogen) atoms. The molecule has 1 atom stereocenters. The first-order valence-corrected chi connectivity index (χ1v) is 6.78. The molecule has 0 bridgehead atoms. The molecule has 0 spiro atoms.